The van der Waals surface area contributed by atoms with Crippen molar-refractivity contribution in [1.82, 2.24) is 14.7 Å². The number of halogens is 1. The SMILES string of the molecule is CCC(C)(C(N)Cc1c(Cl)c(C)nn1C)N1CCOCC1. The van der Waals surface area contributed by atoms with Crippen molar-refractivity contribution in [2.24, 2.45) is 12.8 Å². The fourth-order valence-corrected chi connectivity index (χ4v) is 3.36. The molecule has 2 rings (SSSR count). The Hall–Kier alpha value is -0.620. The predicted octanol–water partition coefficient (Wildman–Crippen LogP) is 1.75. The molecular weight excluding hydrogens is 288 g/mol. The number of rotatable bonds is 5. The van der Waals surface area contributed by atoms with Crippen molar-refractivity contribution < 1.29 is 4.74 Å². The molecule has 2 atom stereocenters. The minimum atomic E-state index is -0.0503. The number of aryl methyl sites for hydroxylation is 2. The number of aromatic nitrogens is 2. The molecule has 2 unspecified atom stereocenters. The first-order valence-corrected chi connectivity index (χ1v) is 8.04. The molecule has 120 valence electrons. The van der Waals surface area contributed by atoms with Gasteiger partial charge in [0.05, 0.1) is 29.6 Å². The van der Waals surface area contributed by atoms with Crippen LogP contribution in [-0.4, -0.2) is 52.6 Å². The Balaban J connectivity index is 2.17. The second kappa shape index (κ2) is 6.65. The molecule has 2 N–H and O–H groups in total. The van der Waals surface area contributed by atoms with Gasteiger partial charge >= 0.3 is 0 Å². The van der Waals surface area contributed by atoms with E-state index in [1.165, 1.54) is 0 Å². The van der Waals surface area contributed by atoms with Crippen LogP contribution in [0.4, 0.5) is 0 Å². The highest BCUT2D eigenvalue weighted by Crippen LogP contribution is 2.28. The van der Waals surface area contributed by atoms with E-state index < -0.39 is 0 Å². The van der Waals surface area contributed by atoms with Crippen LogP contribution in [-0.2, 0) is 18.2 Å². The minimum absolute atomic E-state index is 0.00731. The summed E-state index contributed by atoms with van der Waals surface area (Å²) in [6.45, 7) is 9.83. The standard InChI is InChI=1S/C15H27ClN4O/c1-5-15(3,20-6-8-21-9-7-20)13(17)10-12-14(16)11(2)18-19(12)4/h13H,5-10,17H2,1-4H3. The average molecular weight is 315 g/mol. The summed E-state index contributed by atoms with van der Waals surface area (Å²) in [5, 5.41) is 5.12. The van der Waals surface area contributed by atoms with Gasteiger partial charge in [-0.15, -0.1) is 0 Å². The molecule has 0 spiro atoms. The third-order valence-electron chi connectivity index (χ3n) is 4.92. The summed E-state index contributed by atoms with van der Waals surface area (Å²) in [5.74, 6) is 0. The number of morpholine rings is 1. The number of hydrogen-bond donors (Lipinski definition) is 1. The smallest absolute Gasteiger partial charge is 0.0847 e. The number of ether oxygens (including phenoxy) is 1. The first-order chi connectivity index (χ1) is 9.90. The van der Waals surface area contributed by atoms with Crippen LogP contribution in [0, 0.1) is 6.92 Å². The summed E-state index contributed by atoms with van der Waals surface area (Å²) in [6, 6.07) is 0.00731. The van der Waals surface area contributed by atoms with Crippen molar-refractivity contribution >= 4 is 11.6 Å². The van der Waals surface area contributed by atoms with Gasteiger partial charge in [-0.2, -0.15) is 5.10 Å². The lowest BCUT2D eigenvalue weighted by Gasteiger charge is -2.46. The Kier molecular flexibility index (Phi) is 5.30. The zero-order valence-corrected chi connectivity index (χ0v) is 14.3. The lowest BCUT2D eigenvalue weighted by molar-refractivity contribution is -0.0274. The maximum Gasteiger partial charge on any atom is 0.0847 e. The lowest BCUT2D eigenvalue weighted by atomic mass is 9.84. The van der Waals surface area contributed by atoms with Gasteiger partial charge in [-0.3, -0.25) is 9.58 Å². The van der Waals surface area contributed by atoms with E-state index in [4.69, 9.17) is 22.1 Å². The third kappa shape index (κ3) is 3.26. The summed E-state index contributed by atoms with van der Waals surface area (Å²) >= 11 is 6.36. The quantitative estimate of drug-likeness (QED) is 0.899. The summed E-state index contributed by atoms with van der Waals surface area (Å²) in [5.41, 5.74) is 8.43. The highest BCUT2D eigenvalue weighted by Gasteiger charge is 2.37. The maximum absolute atomic E-state index is 6.59. The van der Waals surface area contributed by atoms with Gasteiger partial charge < -0.3 is 10.5 Å². The summed E-state index contributed by atoms with van der Waals surface area (Å²) < 4.78 is 7.32. The van der Waals surface area contributed by atoms with E-state index >= 15 is 0 Å². The van der Waals surface area contributed by atoms with E-state index in [0.717, 1.165) is 55.6 Å². The molecule has 6 heteroatoms. The van der Waals surface area contributed by atoms with Crippen LogP contribution in [0.1, 0.15) is 31.7 Å². The molecule has 0 bridgehead atoms. The number of nitrogens with two attached hydrogens (primary N) is 1. The highest BCUT2D eigenvalue weighted by atomic mass is 35.5. The van der Waals surface area contributed by atoms with Gasteiger partial charge in [0.15, 0.2) is 0 Å². The minimum Gasteiger partial charge on any atom is -0.379 e. The molecule has 1 aliphatic rings. The molecule has 1 aromatic rings. The van der Waals surface area contributed by atoms with Crippen molar-refractivity contribution in [1.29, 1.82) is 0 Å². The fourth-order valence-electron chi connectivity index (χ4n) is 3.12. The third-order valence-corrected chi connectivity index (χ3v) is 5.41. The zero-order valence-electron chi connectivity index (χ0n) is 13.5. The molecule has 0 aliphatic carbocycles. The molecule has 1 aliphatic heterocycles. The molecule has 1 fully saturated rings. The second-order valence-corrected chi connectivity index (χ2v) is 6.47. The van der Waals surface area contributed by atoms with Crippen LogP contribution in [0.3, 0.4) is 0 Å². The van der Waals surface area contributed by atoms with Crippen LogP contribution < -0.4 is 5.73 Å². The molecule has 0 aromatic carbocycles. The van der Waals surface area contributed by atoms with Gasteiger partial charge in [0.2, 0.25) is 0 Å². The van der Waals surface area contributed by atoms with E-state index in [2.05, 4.69) is 23.8 Å². The number of nitrogens with zero attached hydrogens (tertiary/aromatic N) is 3. The van der Waals surface area contributed by atoms with Gasteiger partial charge in [-0.05, 0) is 20.3 Å². The van der Waals surface area contributed by atoms with E-state index in [1.54, 1.807) is 0 Å². The predicted molar refractivity (Wildman–Crippen MR) is 85.7 cm³/mol. The average Bonchev–Trinajstić information content (AvgIpc) is 2.73. The molecule has 2 heterocycles. The molecular formula is C15H27ClN4O. The summed E-state index contributed by atoms with van der Waals surface area (Å²) in [6.07, 6.45) is 1.74. The molecule has 0 amide bonds. The monoisotopic (exact) mass is 314 g/mol. The normalized spacial score (nSPS) is 21.2. The van der Waals surface area contributed by atoms with Crippen molar-refractivity contribution in [2.45, 2.75) is 45.2 Å². The summed E-state index contributed by atoms with van der Waals surface area (Å²) in [4.78, 5) is 2.46. The summed E-state index contributed by atoms with van der Waals surface area (Å²) in [7, 11) is 1.93. The van der Waals surface area contributed by atoms with Gasteiger partial charge in [-0.1, -0.05) is 18.5 Å². The van der Waals surface area contributed by atoms with Crippen LogP contribution in [0.15, 0.2) is 0 Å². The second-order valence-electron chi connectivity index (χ2n) is 6.09. The van der Waals surface area contributed by atoms with Gasteiger partial charge in [-0.25, -0.2) is 0 Å². The zero-order chi connectivity index (χ0) is 15.6. The van der Waals surface area contributed by atoms with Crippen molar-refractivity contribution in [2.75, 3.05) is 26.3 Å². The van der Waals surface area contributed by atoms with Gasteiger partial charge in [0, 0.05) is 38.1 Å². The molecule has 0 radical (unpaired) electrons. The first-order valence-electron chi connectivity index (χ1n) is 7.66. The van der Waals surface area contributed by atoms with Crippen molar-refractivity contribution in [3.05, 3.63) is 16.4 Å². The van der Waals surface area contributed by atoms with E-state index in [1.807, 2.05) is 18.7 Å². The number of hydrogen-bond acceptors (Lipinski definition) is 4. The maximum atomic E-state index is 6.59. The molecule has 1 saturated heterocycles. The van der Waals surface area contributed by atoms with E-state index in [-0.39, 0.29) is 11.6 Å². The Morgan fingerprint density at radius 3 is 2.52 bits per heavy atom. The van der Waals surface area contributed by atoms with Gasteiger partial charge in [0.25, 0.3) is 0 Å². The Morgan fingerprint density at radius 1 is 1.43 bits per heavy atom. The van der Waals surface area contributed by atoms with E-state index in [9.17, 15) is 0 Å². The lowest BCUT2D eigenvalue weighted by Crippen LogP contribution is -2.61. The molecule has 1 aromatic heterocycles. The fraction of sp³-hybridized carbons (Fsp3) is 0.800. The van der Waals surface area contributed by atoms with Crippen molar-refractivity contribution in [3.63, 3.8) is 0 Å². The van der Waals surface area contributed by atoms with Crippen LogP contribution in [0.2, 0.25) is 5.02 Å². The van der Waals surface area contributed by atoms with Crippen LogP contribution in [0.5, 0.6) is 0 Å². The Bertz CT molecular complexity index is 484. The first kappa shape index (κ1) is 16.7. The highest BCUT2D eigenvalue weighted by molar-refractivity contribution is 6.31. The van der Waals surface area contributed by atoms with Crippen LogP contribution >= 0.6 is 11.6 Å². The Labute approximate surface area is 132 Å². The molecule has 0 saturated carbocycles. The van der Waals surface area contributed by atoms with Crippen molar-refractivity contribution in [3.8, 4) is 0 Å². The largest absolute Gasteiger partial charge is 0.379 e. The molecule has 21 heavy (non-hydrogen) atoms. The van der Waals surface area contributed by atoms with E-state index in [0.29, 0.717) is 0 Å². The van der Waals surface area contributed by atoms with Gasteiger partial charge in [0.1, 0.15) is 0 Å². The van der Waals surface area contributed by atoms with Crippen LogP contribution in [0.25, 0.3) is 0 Å². The molecule has 5 nitrogen and oxygen atoms in total. The topological polar surface area (TPSA) is 56.3 Å². The Morgan fingerprint density at radius 2 is 2.05 bits per heavy atom.